The van der Waals surface area contributed by atoms with Gasteiger partial charge >= 0.3 is 0 Å². The van der Waals surface area contributed by atoms with Gasteiger partial charge in [0, 0.05) is 21.7 Å². The largest absolute Gasteiger partial charge is 0.412 e. The molecule has 0 amide bonds. The van der Waals surface area contributed by atoms with E-state index in [2.05, 4.69) is 0 Å². The molecule has 0 aliphatic carbocycles. The van der Waals surface area contributed by atoms with Crippen LogP contribution in [-0.2, 0) is 21.7 Å². The van der Waals surface area contributed by atoms with Gasteiger partial charge in [0.2, 0.25) is 0 Å². The summed E-state index contributed by atoms with van der Waals surface area (Å²) in [6.07, 6.45) is 0. The Labute approximate surface area is 45.8 Å². The Balaban J connectivity index is 0. The molecule has 0 fully saturated rings. The van der Waals surface area contributed by atoms with Gasteiger partial charge in [-0.2, -0.15) is 13.5 Å². The molecule has 0 spiro atoms. The van der Waals surface area contributed by atoms with Crippen LogP contribution in [0.2, 0.25) is 0 Å². The average molecular weight is 120 g/mol. The van der Waals surface area contributed by atoms with E-state index in [4.69, 9.17) is 0 Å². The van der Waals surface area contributed by atoms with E-state index in [1.807, 2.05) is 0 Å². The quantitative estimate of drug-likeness (QED) is 0.383. The smallest absolute Gasteiger partial charge is 0 e. The summed E-state index contributed by atoms with van der Waals surface area (Å²) in [6, 6.07) is 0. The summed E-state index contributed by atoms with van der Waals surface area (Å²) in [5.74, 6) is 0. The third kappa shape index (κ3) is 12.4. The Kier molecular flexibility index (Phi) is 806. The first-order valence-electron chi connectivity index (χ1n) is 0. The first-order chi connectivity index (χ1) is 0. The van der Waals surface area contributed by atoms with Crippen LogP contribution in [0.4, 0.5) is 4.70 Å². The van der Waals surface area contributed by atoms with Crippen molar-refractivity contribution in [1.82, 2.24) is 0 Å². The Morgan fingerprint density at radius 2 is 1.00 bits per heavy atom. The molecule has 0 aliphatic heterocycles. The minimum Gasteiger partial charge on any atom is -0.412 e. The molecule has 4 heavy (non-hydrogen) atoms. The molecular weight excluding hydrogens is 115 g/mol. The molecule has 0 aromatic rings. The number of hydrogen-bond donors (Lipinski definition) is 0. The van der Waals surface area contributed by atoms with Gasteiger partial charge in [-0.1, -0.05) is 0 Å². The standard InChI is InChI=1S/FH.H2O.H2S.Ti/h1H;2*1H2;. The molecule has 1 nitrogen and oxygen atoms in total. The molecule has 0 saturated carbocycles. The van der Waals surface area contributed by atoms with Crippen LogP contribution in [0.5, 0.6) is 0 Å². The van der Waals surface area contributed by atoms with Crippen LogP contribution < -0.4 is 0 Å². The molecule has 2 N–H and O–H groups in total. The number of rotatable bonds is 0. The zero-order valence-corrected chi connectivity index (χ0v) is 4.47. The summed E-state index contributed by atoms with van der Waals surface area (Å²) in [6.45, 7) is 0. The molecule has 0 heterocycles. The van der Waals surface area contributed by atoms with E-state index in [9.17, 15) is 0 Å². The minimum atomic E-state index is 0. The van der Waals surface area contributed by atoms with Gasteiger partial charge in [0.05, 0.1) is 0 Å². The second-order valence-corrected chi connectivity index (χ2v) is 0. The number of hydrogen-bond acceptors (Lipinski definition) is 0. The maximum Gasteiger partial charge on any atom is 0 e. The van der Waals surface area contributed by atoms with Crippen molar-refractivity contribution in [3.05, 3.63) is 0 Å². The third-order valence-corrected chi connectivity index (χ3v) is 0. The Morgan fingerprint density at radius 3 is 1.00 bits per heavy atom. The van der Waals surface area contributed by atoms with Gasteiger partial charge in [-0.05, 0) is 0 Å². The molecule has 28 valence electrons. The molecule has 0 rings (SSSR count). The van der Waals surface area contributed by atoms with Crippen molar-refractivity contribution in [3.8, 4) is 0 Å². The van der Waals surface area contributed by atoms with Crippen LogP contribution in [0.3, 0.4) is 0 Å². The van der Waals surface area contributed by atoms with Crippen LogP contribution in [-0.4, -0.2) is 5.48 Å². The first kappa shape index (κ1) is 85.1. The molecule has 0 aromatic carbocycles. The maximum absolute atomic E-state index is 0. The monoisotopic (exact) mass is 120 g/mol. The molecule has 0 aromatic heterocycles. The van der Waals surface area contributed by atoms with Crippen molar-refractivity contribution in [3.63, 3.8) is 0 Å². The van der Waals surface area contributed by atoms with Gasteiger partial charge in [-0.25, -0.2) is 0 Å². The van der Waals surface area contributed by atoms with E-state index < -0.39 is 0 Å². The predicted molar refractivity (Wildman–Crippen MR) is 16.5 cm³/mol. The summed E-state index contributed by atoms with van der Waals surface area (Å²) in [5.41, 5.74) is 0. The van der Waals surface area contributed by atoms with Crippen LogP contribution in [0, 0.1) is 0 Å². The van der Waals surface area contributed by atoms with E-state index in [1.54, 1.807) is 0 Å². The van der Waals surface area contributed by atoms with Crippen molar-refractivity contribution in [1.29, 1.82) is 0 Å². The average Bonchev–Trinajstić information content (AvgIpc) is 0. The fourth-order valence-corrected chi connectivity index (χ4v) is 0. The Bertz CT molecular complexity index is 8.00. The molecular formula is H5FOSTi. The normalized spacial score (nSPS) is 0. The second-order valence-electron chi connectivity index (χ2n) is 0. The van der Waals surface area contributed by atoms with Crippen LogP contribution in [0.1, 0.15) is 0 Å². The summed E-state index contributed by atoms with van der Waals surface area (Å²) in [4.78, 5) is 0. The molecule has 0 bridgehead atoms. The zero-order valence-electron chi connectivity index (χ0n) is 1.91. The molecule has 0 atom stereocenters. The van der Waals surface area contributed by atoms with Crippen LogP contribution >= 0.6 is 13.5 Å². The first-order valence-corrected chi connectivity index (χ1v) is 0. The topological polar surface area (TPSA) is 31.5 Å². The van der Waals surface area contributed by atoms with Crippen molar-refractivity contribution in [2.24, 2.45) is 0 Å². The van der Waals surface area contributed by atoms with Crippen molar-refractivity contribution >= 4 is 13.5 Å². The van der Waals surface area contributed by atoms with E-state index in [-0.39, 0.29) is 45.4 Å². The van der Waals surface area contributed by atoms with E-state index in [0.717, 1.165) is 0 Å². The molecule has 0 saturated heterocycles. The zero-order chi connectivity index (χ0) is 0. The van der Waals surface area contributed by atoms with E-state index >= 15 is 0 Å². The summed E-state index contributed by atoms with van der Waals surface area (Å²) < 4.78 is 0. The molecule has 0 radical (unpaired) electrons. The summed E-state index contributed by atoms with van der Waals surface area (Å²) in [5, 5.41) is 0. The summed E-state index contributed by atoms with van der Waals surface area (Å²) in [7, 11) is 0. The fourth-order valence-electron chi connectivity index (χ4n) is 0. The maximum atomic E-state index is 0. The van der Waals surface area contributed by atoms with Gasteiger partial charge in [-0.3, -0.25) is 4.70 Å². The Hall–Kier alpha value is 0.954. The van der Waals surface area contributed by atoms with Crippen LogP contribution in [0.15, 0.2) is 0 Å². The van der Waals surface area contributed by atoms with Gasteiger partial charge in [0.15, 0.2) is 0 Å². The van der Waals surface area contributed by atoms with E-state index in [1.165, 1.54) is 0 Å². The molecule has 0 unspecified atom stereocenters. The third-order valence-electron chi connectivity index (χ3n) is 0. The molecule has 4 heteroatoms. The van der Waals surface area contributed by atoms with Crippen molar-refractivity contribution < 1.29 is 31.9 Å². The van der Waals surface area contributed by atoms with Crippen molar-refractivity contribution in [2.45, 2.75) is 0 Å². The summed E-state index contributed by atoms with van der Waals surface area (Å²) >= 11 is 0. The minimum absolute atomic E-state index is 0. The SMILES string of the molecule is F.O.S.[Ti]. The van der Waals surface area contributed by atoms with Gasteiger partial charge in [0.25, 0.3) is 0 Å². The van der Waals surface area contributed by atoms with E-state index in [0.29, 0.717) is 0 Å². The van der Waals surface area contributed by atoms with Crippen molar-refractivity contribution in [2.75, 3.05) is 0 Å². The molecule has 0 aliphatic rings. The predicted octanol–water partition coefficient (Wildman–Crippen LogP) is -0.562. The fraction of sp³-hybridized carbons (Fsp3) is 0. The number of halogens is 1. The van der Waals surface area contributed by atoms with Gasteiger partial charge in [0.1, 0.15) is 0 Å². The van der Waals surface area contributed by atoms with Gasteiger partial charge in [-0.15, -0.1) is 0 Å². The van der Waals surface area contributed by atoms with Crippen LogP contribution in [0.25, 0.3) is 0 Å². The second kappa shape index (κ2) is 37.9. The van der Waals surface area contributed by atoms with Gasteiger partial charge < -0.3 is 5.48 Å². The Morgan fingerprint density at radius 1 is 1.00 bits per heavy atom.